The maximum absolute atomic E-state index is 13.4. The van der Waals surface area contributed by atoms with Crippen LogP contribution in [0.3, 0.4) is 0 Å². The van der Waals surface area contributed by atoms with Crippen molar-refractivity contribution in [2.45, 2.75) is 37.4 Å². The number of carbonyl (C=O) groups excluding carboxylic acids is 2. The Morgan fingerprint density at radius 3 is 2.65 bits per heavy atom. The Morgan fingerprint density at radius 2 is 2.00 bits per heavy atom. The molecule has 12 nitrogen and oxygen atoms in total. The summed E-state index contributed by atoms with van der Waals surface area (Å²) in [6, 6.07) is 7.75. The van der Waals surface area contributed by atoms with E-state index in [1.807, 2.05) is 6.92 Å². The molecule has 0 bridgehead atoms. The van der Waals surface area contributed by atoms with Crippen LogP contribution in [0.25, 0.3) is 0 Å². The van der Waals surface area contributed by atoms with Crippen molar-refractivity contribution in [1.29, 1.82) is 0 Å². The quantitative estimate of drug-likeness (QED) is 0.415. The maximum Gasteiger partial charge on any atom is 0.261 e. The first-order valence-corrected chi connectivity index (χ1v) is 14.3. The molecule has 3 heterocycles. The molecule has 3 atom stereocenters. The third-order valence-corrected chi connectivity index (χ3v) is 8.62. The number of anilines is 1. The number of imidazole rings is 1. The zero-order chi connectivity index (χ0) is 29.0. The summed E-state index contributed by atoms with van der Waals surface area (Å²) >= 11 is 0. The van der Waals surface area contributed by atoms with E-state index in [-0.39, 0.29) is 48.9 Å². The number of hydrogen-bond acceptors (Lipinski definition) is 8. The van der Waals surface area contributed by atoms with Crippen LogP contribution in [0.5, 0.6) is 5.75 Å². The van der Waals surface area contributed by atoms with Gasteiger partial charge in [-0.3, -0.25) is 14.6 Å². The van der Waals surface area contributed by atoms with Gasteiger partial charge >= 0.3 is 0 Å². The number of aliphatic hydroxyl groups is 1. The molecule has 214 valence electrons. The van der Waals surface area contributed by atoms with Gasteiger partial charge in [0.2, 0.25) is 5.91 Å². The summed E-state index contributed by atoms with van der Waals surface area (Å²) in [5.74, 6) is -0.433. The molecule has 2 aromatic heterocycles. The van der Waals surface area contributed by atoms with Crippen molar-refractivity contribution in [2.75, 3.05) is 32.1 Å². The third kappa shape index (κ3) is 6.49. The first-order chi connectivity index (χ1) is 19.0. The normalized spacial score (nSPS) is 18.8. The van der Waals surface area contributed by atoms with E-state index in [0.29, 0.717) is 22.6 Å². The highest BCUT2D eigenvalue weighted by Crippen LogP contribution is 2.30. The number of carbonyl (C=O) groups is 2. The first kappa shape index (κ1) is 29.2. The van der Waals surface area contributed by atoms with E-state index in [1.54, 1.807) is 53.8 Å². The molecule has 0 spiro atoms. The molecule has 1 aromatic carbocycles. The van der Waals surface area contributed by atoms with Gasteiger partial charge in [-0.15, -0.1) is 0 Å². The van der Waals surface area contributed by atoms with Crippen LogP contribution in [0, 0.1) is 5.92 Å². The Balaban J connectivity index is 1.65. The molecule has 4 rings (SSSR count). The van der Waals surface area contributed by atoms with Gasteiger partial charge in [-0.1, -0.05) is 6.92 Å². The van der Waals surface area contributed by atoms with Gasteiger partial charge in [0.15, 0.2) is 5.03 Å². The van der Waals surface area contributed by atoms with Crippen molar-refractivity contribution < 1.29 is 27.9 Å². The molecule has 1 aliphatic rings. The SMILES string of the molecule is C[C@H]1CN([C@@H](C)CO)C(=O)Cc2cc(NC(=O)c3ccncc3)ccc2O[C@@H]1CN(C)S(=O)(=O)c1cn(C)cn1. The number of nitrogens with one attached hydrogen (secondary N) is 1. The fraction of sp³-hybridized carbons (Fsp3) is 0.407. The van der Waals surface area contributed by atoms with Crippen LogP contribution in [-0.2, 0) is 28.3 Å². The van der Waals surface area contributed by atoms with E-state index in [1.165, 1.54) is 36.3 Å². The first-order valence-electron chi connectivity index (χ1n) is 12.8. The van der Waals surface area contributed by atoms with Gasteiger partial charge < -0.3 is 24.6 Å². The minimum atomic E-state index is -3.89. The molecule has 0 saturated heterocycles. The second-order valence-corrected chi connectivity index (χ2v) is 12.1. The van der Waals surface area contributed by atoms with Crippen LogP contribution >= 0.6 is 0 Å². The summed E-state index contributed by atoms with van der Waals surface area (Å²) in [5, 5.41) is 12.6. The van der Waals surface area contributed by atoms with Gasteiger partial charge in [-0.05, 0) is 37.3 Å². The Labute approximate surface area is 233 Å². The van der Waals surface area contributed by atoms with E-state index in [0.717, 1.165) is 0 Å². The monoisotopic (exact) mass is 570 g/mol. The molecule has 2 amide bonds. The lowest BCUT2D eigenvalue weighted by Crippen LogP contribution is -2.48. The molecule has 2 N–H and O–H groups in total. The van der Waals surface area contributed by atoms with E-state index < -0.39 is 22.2 Å². The highest BCUT2D eigenvalue weighted by atomic mass is 32.2. The Kier molecular flexibility index (Phi) is 8.86. The number of nitrogens with zero attached hydrogens (tertiary/aromatic N) is 5. The summed E-state index contributed by atoms with van der Waals surface area (Å²) < 4.78 is 35.5. The van der Waals surface area contributed by atoms with Crippen molar-refractivity contribution in [2.24, 2.45) is 13.0 Å². The molecular weight excluding hydrogens is 536 g/mol. The van der Waals surface area contributed by atoms with E-state index >= 15 is 0 Å². The number of aliphatic hydroxyl groups excluding tert-OH is 1. The van der Waals surface area contributed by atoms with E-state index in [2.05, 4.69) is 15.3 Å². The van der Waals surface area contributed by atoms with Crippen LogP contribution in [-0.4, -0.2) is 88.0 Å². The van der Waals surface area contributed by atoms with Crippen molar-refractivity contribution >= 4 is 27.5 Å². The second-order valence-electron chi connectivity index (χ2n) is 10.1. The molecule has 3 aromatic rings. The Morgan fingerprint density at radius 1 is 1.27 bits per heavy atom. The maximum atomic E-state index is 13.4. The van der Waals surface area contributed by atoms with Gasteiger partial charge in [0, 0.05) is 62.0 Å². The lowest BCUT2D eigenvalue weighted by Gasteiger charge is -2.33. The van der Waals surface area contributed by atoms with Crippen molar-refractivity contribution in [1.82, 2.24) is 23.7 Å². The minimum absolute atomic E-state index is 0.00438. The lowest BCUT2D eigenvalue weighted by atomic mass is 10.0. The average Bonchev–Trinajstić information content (AvgIpc) is 3.40. The smallest absolute Gasteiger partial charge is 0.261 e. The predicted molar refractivity (Wildman–Crippen MR) is 147 cm³/mol. The molecular formula is C27H34N6O6S. The zero-order valence-corrected chi connectivity index (χ0v) is 23.7. The number of pyridine rings is 1. The Hall–Kier alpha value is -3.81. The van der Waals surface area contributed by atoms with Crippen LogP contribution in [0.15, 0.2) is 60.3 Å². The molecule has 0 radical (unpaired) electrons. The van der Waals surface area contributed by atoms with Crippen molar-refractivity contribution in [3.8, 4) is 5.75 Å². The summed E-state index contributed by atoms with van der Waals surface area (Å²) in [5.41, 5.74) is 1.43. The largest absolute Gasteiger partial charge is 0.488 e. The molecule has 1 aliphatic heterocycles. The third-order valence-electron chi connectivity index (χ3n) is 6.91. The standard InChI is InChI=1S/C27H34N6O6S/c1-18-13-33(19(2)16-34)26(35)12-21-11-22(30-27(36)20-7-9-28-10-8-20)5-6-23(21)39-24(18)14-32(4)40(37,38)25-15-31(3)17-29-25/h5-11,15,17-19,24,34H,12-14,16H2,1-4H3,(H,30,36)/t18-,19-,24+/m0/s1. The number of amides is 2. The fourth-order valence-electron chi connectivity index (χ4n) is 4.46. The van der Waals surface area contributed by atoms with Crippen LogP contribution in [0.2, 0.25) is 0 Å². The molecule has 13 heteroatoms. The Bertz CT molecular complexity index is 1460. The molecule has 0 fully saturated rings. The molecule has 0 saturated carbocycles. The number of fused-ring (bicyclic) bond motifs is 1. The summed E-state index contributed by atoms with van der Waals surface area (Å²) in [6.45, 7) is 3.65. The zero-order valence-electron chi connectivity index (χ0n) is 22.9. The molecule has 40 heavy (non-hydrogen) atoms. The average molecular weight is 571 g/mol. The minimum Gasteiger partial charge on any atom is -0.488 e. The van der Waals surface area contributed by atoms with Crippen molar-refractivity contribution in [3.63, 3.8) is 0 Å². The van der Waals surface area contributed by atoms with Gasteiger partial charge in [-0.2, -0.15) is 4.31 Å². The lowest BCUT2D eigenvalue weighted by molar-refractivity contribution is -0.134. The van der Waals surface area contributed by atoms with Gasteiger partial charge in [0.05, 0.1) is 31.9 Å². The number of rotatable bonds is 8. The van der Waals surface area contributed by atoms with Gasteiger partial charge in [0.25, 0.3) is 15.9 Å². The second kappa shape index (κ2) is 12.1. The van der Waals surface area contributed by atoms with Gasteiger partial charge in [0.1, 0.15) is 11.9 Å². The van der Waals surface area contributed by atoms with Crippen molar-refractivity contribution in [3.05, 3.63) is 66.4 Å². The summed E-state index contributed by atoms with van der Waals surface area (Å²) in [4.78, 5) is 35.6. The number of sulfonamides is 1. The van der Waals surface area contributed by atoms with E-state index in [4.69, 9.17) is 4.74 Å². The topological polar surface area (TPSA) is 147 Å². The highest BCUT2D eigenvalue weighted by Gasteiger charge is 2.34. The van der Waals surface area contributed by atoms with E-state index in [9.17, 15) is 23.1 Å². The number of aryl methyl sites for hydroxylation is 1. The number of hydrogen-bond donors (Lipinski definition) is 2. The summed E-state index contributed by atoms with van der Waals surface area (Å²) in [7, 11) is -0.740. The van der Waals surface area contributed by atoms with Gasteiger partial charge in [-0.25, -0.2) is 13.4 Å². The highest BCUT2D eigenvalue weighted by molar-refractivity contribution is 7.89. The summed E-state index contributed by atoms with van der Waals surface area (Å²) in [6.07, 6.45) is 5.23. The predicted octanol–water partition coefficient (Wildman–Crippen LogP) is 1.54. The number of likely N-dealkylation sites (N-methyl/N-ethyl adjacent to an activating group) is 1. The molecule has 0 aliphatic carbocycles. The number of ether oxygens (including phenoxy) is 1. The number of benzene rings is 1. The van der Waals surface area contributed by atoms with Crippen LogP contribution in [0.1, 0.15) is 29.8 Å². The van der Waals surface area contributed by atoms with Crippen LogP contribution < -0.4 is 10.1 Å². The fourth-order valence-corrected chi connectivity index (χ4v) is 5.61. The van der Waals surface area contributed by atoms with Crippen LogP contribution in [0.4, 0.5) is 5.69 Å². The number of aromatic nitrogens is 3. The molecule has 0 unspecified atom stereocenters.